The van der Waals surface area contributed by atoms with Crippen molar-refractivity contribution in [3.63, 3.8) is 0 Å². The molecule has 8 nitrogen and oxygen atoms in total. The molecule has 2 aliphatic rings. The Morgan fingerprint density at radius 2 is 1.04 bits per heavy atom. The second-order valence-electron chi connectivity index (χ2n) is 9.73. The van der Waals surface area contributed by atoms with Gasteiger partial charge >= 0.3 is 12.2 Å². The van der Waals surface area contributed by atoms with E-state index in [0.29, 0.717) is 11.8 Å². The second-order valence-corrected chi connectivity index (χ2v) is 9.73. The van der Waals surface area contributed by atoms with E-state index in [2.05, 4.69) is 10.6 Å². The number of aliphatic hydroxyl groups excluding tert-OH is 2. The van der Waals surface area contributed by atoms with Crippen molar-refractivity contribution in [2.75, 3.05) is 13.2 Å². The Kier molecular flexibility index (Phi) is 9.01. The third-order valence-corrected chi connectivity index (χ3v) is 4.43. The summed E-state index contributed by atoms with van der Waals surface area (Å²) in [5, 5.41) is 23.1. The molecule has 2 rings (SSSR count). The minimum atomic E-state index is -0.440. The molecule has 0 heterocycles. The lowest BCUT2D eigenvalue weighted by Crippen LogP contribution is -2.47. The van der Waals surface area contributed by atoms with Crippen LogP contribution in [-0.2, 0) is 9.47 Å². The zero-order chi connectivity index (χ0) is 21.5. The molecular formula is C20H38N2O6. The van der Waals surface area contributed by atoms with Crippen LogP contribution in [0.5, 0.6) is 0 Å². The molecule has 0 unspecified atom stereocenters. The van der Waals surface area contributed by atoms with Crippen LogP contribution >= 0.6 is 0 Å². The Bertz CT molecular complexity index is 454. The van der Waals surface area contributed by atoms with Gasteiger partial charge < -0.3 is 30.3 Å². The quantitative estimate of drug-likeness (QED) is 0.574. The normalized spacial score (nSPS) is 26.6. The maximum Gasteiger partial charge on any atom is 0.407 e. The first-order valence-electron chi connectivity index (χ1n) is 10.0. The molecule has 0 aromatic heterocycles. The molecule has 0 radical (unpaired) electrons. The lowest BCUT2D eigenvalue weighted by atomic mass is 9.81. The van der Waals surface area contributed by atoms with E-state index >= 15 is 0 Å². The van der Waals surface area contributed by atoms with E-state index < -0.39 is 11.2 Å². The van der Waals surface area contributed by atoms with Crippen LogP contribution < -0.4 is 10.6 Å². The van der Waals surface area contributed by atoms with Crippen LogP contribution in [0, 0.1) is 11.8 Å². The summed E-state index contributed by atoms with van der Waals surface area (Å²) in [7, 11) is 0. The lowest BCUT2D eigenvalue weighted by Gasteiger charge is -2.34. The van der Waals surface area contributed by atoms with Gasteiger partial charge in [-0.15, -0.1) is 0 Å². The van der Waals surface area contributed by atoms with Gasteiger partial charge in [0, 0.05) is 25.3 Å². The molecule has 2 fully saturated rings. The maximum atomic E-state index is 11.3. The van der Waals surface area contributed by atoms with E-state index in [4.69, 9.17) is 19.7 Å². The number of ether oxygens (including phenoxy) is 2. The molecule has 0 bridgehead atoms. The number of amides is 2. The maximum absolute atomic E-state index is 11.3. The zero-order valence-electron chi connectivity index (χ0n) is 18.1. The van der Waals surface area contributed by atoms with Gasteiger partial charge in [0.2, 0.25) is 0 Å². The molecule has 0 aromatic carbocycles. The summed E-state index contributed by atoms with van der Waals surface area (Å²) in [4.78, 5) is 22.5. The average molecular weight is 403 g/mol. The minimum Gasteiger partial charge on any atom is -0.444 e. The van der Waals surface area contributed by atoms with E-state index in [1.54, 1.807) is 0 Å². The third kappa shape index (κ3) is 10.1. The number of aliphatic hydroxyl groups is 2. The topological polar surface area (TPSA) is 117 Å². The number of hydrogen-bond donors (Lipinski definition) is 4. The highest BCUT2D eigenvalue weighted by atomic mass is 16.6. The summed E-state index contributed by atoms with van der Waals surface area (Å²) in [6, 6.07) is 0.365. The standard InChI is InChI=1S/2C10H19NO3/c2*1-10(2,3)14-9(13)11-8-4-7(5-8)6-12/h2*7-8,12H,4-6H2,1-3H3,(H,11,13). The van der Waals surface area contributed by atoms with Gasteiger partial charge in [-0.1, -0.05) is 0 Å². The smallest absolute Gasteiger partial charge is 0.407 e. The van der Waals surface area contributed by atoms with Crippen LogP contribution in [-0.4, -0.2) is 58.9 Å². The van der Waals surface area contributed by atoms with E-state index in [1.807, 2.05) is 41.5 Å². The van der Waals surface area contributed by atoms with Crippen molar-refractivity contribution in [1.82, 2.24) is 10.6 Å². The van der Waals surface area contributed by atoms with E-state index in [9.17, 15) is 9.59 Å². The van der Waals surface area contributed by atoms with Crippen molar-refractivity contribution in [3.05, 3.63) is 0 Å². The summed E-state index contributed by atoms with van der Waals surface area (Å²) >= 11 is 0. The molecule has 4 N–H and O–H groups in total. The van der Waals surface area contributed by atoms with E-state index in [-0.39, 0.29) is 37.5 Å². The molecule has 2 amide bonds. The Morgan fingerprint density at radius 1 is 0.750 bits per heavy atom. The summed E-state index contributed by atoms with van der Waals surface area (Å²) in [5.41, 5.74) is -0.881. The number of nitrogens with one attached hydrogen (secondary N) is 2. The second kappa shape index (κ2) is 10.3. The van der Waals surface area contributed by atoms with Crippen LogP contribution in [0.25, 0.3) is 0 Å². The van der Waals surface area contributed by atoms with Gasteiger partial charge in [-0.05, 0) is 79.1 Å². The van der Waals surface area contributed by atoms with Crippen LogP contribution in [0.4, 0.5) is 9.59 Å². The first kappa shape index (κ1) is 24.5. The molecule has 28 heavy (non-hydrogen) atoms. The molecule has 0 aromatic rings. The van der Waals surface area contributed by atoms with Gasteiger partial charge in [0.25, 0.3) is 0 Å². The zero-order valence-corrected chi connectivity index (χ0v) is 18.1. The Hall–Kier alpha value is -1.54. The van der Waals surface area contributed by atoms with Gasteiger partial charge in [0.1, 0.15) is 11.2 Å². The Labute approximate surface area is 168 Å². The van der Waals surface area contributed by atoms with Crippen molar-refractivity contribution in [1.29, 1.82) is 0 Å². The predicted octanol–water partition coefficient (Wildman–Crippen LogP) is 2.56. The van der Waals surface area contributed by atoms with Crippen LogP contribution in [0.2, 0.25) is 0 Å². The van der Waals surface area contributed by atoms with Crippen LogP contribution in [0.1, 0.15) is 67.2 Å². The summed E-state index contributed by atoms with van der Waals surface area (Å²) in [6.07, 6.45) is 2.70. The van der Waals surface area contributed by atoms with Crippen molar-refractivity contribution >= 4 is 12.2 Å². The van der Waals surface area contributed by atoms with Crippen molar-refractivity contribution in [3.8, 4) is 0 Å². The highest BCUT2D eigenvalue weighted by molar-refractivity contribution is 5.68. The van der Waals surface area contributed by atoms with Crippen LogP contribution in [0.15, 0.2) is 0 Å². The number of hydrogen-bond acceptors (Lipinski definition) is 6. The van der Waals surface area contributed by atoms with Gasteiger partial charge in [-0.3, -0.25) is 0 Å². The Balaban J connectivity index is 0.000000280. The molecule has 8 heteroatoms. The predicted molar refractivity (Wildman–Crippen MR) is 106 cm³/mol. The molecule has 164 valence electrons. The van der Waals surface area contributed by atoms with Gasteiger partial charge in [-0.25, -0.2) is 9.59 Å². The number of carbonyl (C=O) groups is 2. The number of rotatable bonds is 4. The first-order valence-corrected chi connectivity index (χ1v) is 10.0. The fourth-order valence-electron chi connectivity index (χ4n) is 2.95. The molecular weight excluding hydrogens is 364 g/mol. The van der Waals surface area contributed by atoms with Gasteiger partial charge in [-0.2, -0.15) is 0 Å². The molecule has 0 aliphatic heterocycles. The SMILES string of the molecule is CC(C)(C)OC(=O)NC1CC(CO)C1.CC(C)(C)OC(=O)NC1CC(CO)C1. The van der Waals surface area contributed by atoms with Crippen molar-refractivity contribution in [2.24, 2.45) is 11.8 Å². The monoisotopic (exact) mass is 402 g/mol. The number of carbonyl (C=O) groups excluding carboxylic acids is 2. The van der Waals surface area contributed by atoms with Crippen molar-refractivity contribution < 1.29 is 29.3 Å². The van der Waals surface area contributed by atoms with Crippen LogP contribution in [0.3, 0.4) is 0 Å². The lowest BCUT2D eigenvalue weighted by molar-refractivity contribution is 0.0409. The minimum absolute atomic E-state index is 0.182. The molecule has 0 atom stereocenters. The summed E-state index contributed by atoms with van der Waals surface area (Å²) in [5.74, 6) is 0.713. The van der Waals surface area contributed by atoms with Crippen molar-refractivity contribution in [2.45, 2.75) is 90.5 Å². The fourth-order valence-corrected chi connectivity index (χ4v) is 2.95. The van der Waals surface area contributed by atoms with E-state index in [1.165, 1.54) is 0 Å². The molecule has 2 aliphatic carbocycles. The summed E-state index contributed by atoms with van der Waals surface area (Å²) in [6.45, 7) is 11.5. The first-order chi connectivity index (χ1) is 12.8. The Morgan fingerprint density at radius 3 is 1.25 bits per heavy atom. The third-order valence-electron chi connectivity index (χ3n) is 4.43. The largest absolute Gasteiger partial charge is 0.444 e. The molecule has 2 saturated carbocycles. The van der Waals surface area contributed by atoms with Gasteiger partial charge in [0.15, 0.2) is 0 Å². The molecule has 0 spiro atoms. The average Bonchev–Trinajstić information content (AvgIpc) is 2.42. The summed E-state index contributed by atoms with van der Waals surface area (Å²) < 4.78 is 10.2. The van der Waals surface area contributed by atoms with Gasteiger partial charge in [0.05, 0.1) is 0 Å². The fraction of sp³-hybridized carbons (Fsp3) is 0.900. The molecule has 0 saturated heterocycles. The highest BCUT2D eigenvalue weighted by Crippen LogP contribution is 2.27. The number of alkyl carbamates (subject to hydrolysis) is 2. The highest BCUT2D eigenvalue weighted by Gasteiger charge is 2.31. The van der Waals surface area contributed by atoms with E-state index in [0.717, 1.165) is 25.7 Å².